The molecule has 0 saturated carbocycles. The highest BCUT2D eigenvalue weighted by Gasteiger charge is 2.19. The zero-order valence-electron chi connectivity index (χ0n) is 10.2. The summed E-state index contributed by atoms with van der Waals surface area (Å²) in [5.74, 6) is -1.09. The first-order valence-electron chi connectivity index (χ1n) is 5.61. The Hall–Kier alpha value is -1.79. The fraction of sp³-hybridized carbons (Fsp3) is 0.417. The second-order valence-electron chi connectivity index (χ2n) is 3.87. The molecule has 5 N–H and O–H groups in total. The van der Waals surface area contributed by atoms with Crippen molar-refractivity contribution >= 4 is 5.91 Å². The lowest BCUT2D eigenvalue weighted by atomic mass is 10.1. The molecule has 1 rings (SSSR count). The molecule has 0 aliphatic rings. The summed E-state index contributed by atoms with van der Waals surface area (Å²) >= 11 is 0. The third kappa shape index (κ3) is 3.61. The van der Waals surface area contributed by atoms with Gasteiger partial charge in [-0.2, -0.15) is 0 Å². The number of amides is 1. The lowest BCUT2D eigenvalue weighted by Crippen LogP contribution is -2.39. The van der Waals surface area contributed by atoms with E-state index in [4.69, 9.17) is 10.5 Å². The number of nitrogens with one attached hydrogen (secondary N) is 1. The van der Waals surface area contributed by atoms with Crippen molar-refractivity contribution in [3.8, 4) is 11.5 Å². The van der Waals surface area contributed by atoms with Gasteiger partial charge in [-0.1, -0.05) is 6.07 Å². The molecule has 0 saturated heterocycles. The van der Waals surface area contributed by atoms with E-state index in [-0.39, 0.29) is 23.1 Å². The first-order chi connectivity index (χ1) is 8.60. The van der Waals surface area contributed by atoms with Gasteiger partial charge in [0.2, 0.25) is 0 Å². The summed E-state index contributed by atoms with van der Waals surface area (Å²) in [7, 11) is 1.52. The molecule has 0 spiro atoms. The maximum atomic E-state index is 11.9. The molecule has 0 radical (unpaired) electrons. The van der Waals surface area contributed by atoms with Crippen LogP contribution in [-0.2, 0) is 4.74 Å². The van der Waals surface area contributed by atoms with Crippen LogP contribution in [0.25, 0.3) is 0 Å². The summed E-state index contributed by atoms with van der Waals surface area (Å²) in [5, 5.41) is 21.8. The average molecular weight is 254 g/mol. The predicted molar refractivity (Wildman–Crippen MR) is 66.6 cm³/mol. The molecular weight excluding hydrogens is 236 g/mol. The van der Waals surface area contributed by atoms with E-state index in [0.29, 0.717) is 19.6 Å². The highest BCUT2D eigenvalue weighted by molar-refractivity contribution is 5.99. The fourth-order valence-electron chi connectivity index (χ4n) is 1.62. The van der Waals surface area contributed by atoms with Crippen LogP contribution in [0.15, 0.2) is 18.2 Å². The van der Waals surface area contributed by atoms with Gasteiger partial charge in [-0.3, -0.25) is 4.79 Å². The SMILES string of the molecule is COCC(CCN)NC(=O)c1c(O)cccc1O. The Morgan fingerprint density at radius 2 is 2.06 bits per heavy atom. The van der Waals surface area contributed by atoms with Crippen molar-refractivity contribution < 1.29 is 19.7 Å². The number of benzene rings is 1. The minimum Gasteiger partial charge on any atom is -0.507 e. The summed E-state index contributed by atoms with van der Waals surface area (Å²) in [4.78, 5) is 11.9. The first-order valence-corrected chi connectivity index (χ1v) is 5.61. The number of nitrogens with two attached hydrogens (primary N) is 1. The van der Waals surface area contributed by atoms with E-state index >= 15 is 0 Å². The summed E-state index contributed by atoms with van der Waals surface area (Å²) in [5.41, 5.74) is 5.29. The Kier molecular flexibility index (Phi) is 5.41. The van der Waals surface area contributed by atoms with E-state index in [1.807, 2.05) is 0 Å². The maximum absolute atomic E-state index is 11.9. The van der Waals surface area contributed by atoms with Gasteiger partial charge in [-0.05, 0) is 25.1 Å². The molecule has 6 heteroatoms. The van der Waals surface area contributed by atoms with Crippen LogP contribution in [0.4, 0.5) is 0 Å². The van der Waals surface area contributed by atoms with Crippen LogP contribution in [-0.4, -0.2) is 42.4 Å². The lowest BCUT2D eigenvalue weighted by molar-refractivity contribution is 0.0888. The molecule has 1 unspecified atom stereocenters. The molecule has 0 aliphatic carbocycles. The third-order valence-electron chi connectivity index (χ3n) is 2.47. The molecule has 6 nitrogen and oxygen atoms in total. The van der Waals surface area contributed by atoms with E-state index in [9.17, 15) is 15.0 Å². The van der Waals surface area contributed by atoms with E-state index in [0.717, 1.165) is 0 Å². The van der Waals surface area contributed by atoms with E-state index in [1.54, 1.807) is 0 Å². The number of rotatable bonds is 6. The summed E-state index contributed by atoms with van der Waals surface area (Å²) in [6.07, 6.45) is 0.550. The number of aromatic hydroxyl groups is 2. The van der Waals surface area contributed by atoms with Crippen LogP contribution in [0.5, 0.6) is 11.5 Å². The molecule has 0 aliphatic heterocycles. The molecular formula is C12H18N2O4. The topological polar surface area (TPSA) is 105 Å². The molecule has 0 heterocycles. The Balaban J connectivity index is 2.80. The number of ether oxygens (including phenoxy) is 1. The summed E-state index contributed by atoms with van der Waals surface area (Å²) in [6.45, 7) is 0.721. The number of phenolic OH excluding ortho intramolecular Hbond substituents is 2. The molecule has 0 fully saturated rings. The second kappa shape index (κ2) is 6.83. The Labute approximate surface area is 105 Å². The van der Waals surface area contributed by atoms with Crippen LogP contribution >= 0.6 is 0 Å². The van der Waals surface area contributed by atoms with Crippen molar-refractivity contribution in [2.75, 3.05) is 20.3 Å². The number of hydrogen-bond acceptors (Lipinski definition) is 5. The second-order valence-corrected chi connectivity index (χ2v) is 3.87. The molecule has 1 atom stereocenters. The predicted octanol–water partition coefficient (Wildman–Crippen LogP) is 0.191. The van der Waals surface area contributed by atoms with Crippen molar-refractivity contribution in [3.05, 3.63) is 23.8 Å². The summed E-state index contributed by atoms with van der Waals surface area (Å²) in [6, 6.07) is 3.87. The van der Waals surface area contributed by atoms with Gasteiger partial charge in [-0.25, -0.2) is 0 Å². The zero-order chi connectivity index (χ0) is 13.5. The molecule has 0 aromatic heterocycles. The lowest BCUT2D eigenvalue weighted by Gasteiger charge is -2.17. The number of methoxy groups -OCH3 is 1. The maximum Gasteiger partial charge on any atom is 0.259 e. The molecule has 18 heavy (non-hydrogen) atoms. The van der Waals surface area contributed by atoms with Crippen molar-refractivity contribution in [1.82, 2.24) is 5.32 Å². The number of carbonyl (C=O) groups excluding carboxylic acids is 1. The van der Waals surface area contributed by atoms with Crippen molar-refractivity contribution in [3.63, 3.8) is 0 Å². The van der Waals surface area contributed by atoms with Crippen LogP contribution in [0.2, 0.25) is 0 Å². The number of hydrogen-bond donors (Lipinski definition) is 4. The van der Waals surface area contributed by atoms with E-state index in [1.165, 1.54) is 25.3 Å². The van der Waals surface area contributed by atoms with Gasteiger partial charge in [0.15, 0.2) is 0 Å². The van der Waals surface area contributed by atoms with Crippen molar-refractivity contribution in [1.29, 1.82) is 0 Å². The Morgan fingerprint density at radius 3 is 2.56 bits per heavy atom. The minimum atomic E-state index is -0.555. The van der Waals surface area contributed by atoms with Gasteiger partial charge < -0.3 is 26.0 Å². The van der Waals surface area contributed by atoms with Crippen LogP contribution in [0.3, 0.4) is 0 Å². The van der Waals surface area contributed by atoms with E-state index < -0.39 is 5.91 Å². The molecule has 1 aromatic rings. The van der Waals surface area contributed by atoms with Crippen molar-refractivity contribution in [2.45, 2.75) is 12.5 Å². The molecule has 1 amide bonds. The van der Waals surface area contributed by atoms with Crippen molar-refractivity contribution in [2.24, 2.45) is 5.73 Å². The van der Waals surface area contributed by atoms with Gasteiger partial charge in [0.25, 0.3) is 5.91 Å². The Bertz CT molecular complexity index is 383. The van der Waals surface area contributed by atoms with Gasteiger partial charge in [0, 0.05) is 7.11 Å². The minimum absolute atomic E-state index is 0.143. The Morgan fingerprint density at radius 1 is 1.44 bits per heavy atom. The van der Waals surface area contributed by atoms with E-state index in [2.05, 4.69) is 5.32 Å². The quantitative estimate of drug-likeness (QED) is 0.580. The fourth-order valence-corrected chi connectivity index (χ4v) is 1.62. The largest absolute Gasteiger partial charge is 0.507 e. The van der Waals surface area contributed by atoms with Gasteiger partial charge >= 0.3 is 0 Å². The monoisotopic (exact) mass is 254 g/mol. The van der Waals surface area contributed by atoms with Gasteiger partial charge in [-0.15, -0.1) is 0 Å². The van der Waals surface area contributed by atoms with Gasteiger partial charge in [0.05, 0.1) is 12.6 Å². The smallest absolute Gasteiger partial charge is 0.259 e. The van der Waals surface area contributed by atoms with Crippen LogP contribution in [0.1, 0.15) is 16.8 Å². The number of phenols is 2. The summed E-state index contributed by atoms with van der Waals surface area (Å²) < 4.78 is 4.96. The highest BCUT2D eigenvalue weighted by atomic mass is 16.5. The highest BCUT2D eigenvalue weighted by Crippen LogP contribution is 2.25. The standard InChI is InChI=1S/C12H18N2O4/c1-18-7-8(5-6-13)14-12(17)11-9(15)3-2-4-10(11)16/h2-4,8,15-16H,5-7,13H2,1H3,(H,14,17). The first kappa shape index (κ1) is 14.3. The third-order valence-corrected chi connectivity index (χ3v) is 2.47. The van der Waals surface area contributed by atoms with Crippen LogP contribution < -0.4 is 11.1 Å². The zero-order valence-corrected chi connectivity index (χ0v) is 10.2. The van der Waals surface area contributed by atoms with Gasteiger partial charge in [0.1, 0.15) is 17.1 Å². The van der Waals surface area contributed by atoms with Crippen LogP contribution in [0, 0.1) is 0 Å². The molecule has 100 valence electrons. The average Bonchev–Trinajstić information content (AvgIpc) is 2.29. The number of carbonyl (C=O) groups is 1. The molecule has 1 aromatic carbocycles. The molecule has 0 bridgehead atoms. The normalized spacial score (nSPS) is 12.1.